The first-order valence-corrected chi connectivity index (χ1v) is 10.6. The minimum Gasteiger partial charge on any atom is -0.459 e. The molecule has 2 aromatic heterocycles. The molecule has 5 rings (SSSR count). The predicted octanol–water partition coefficient (Wildman–Crippen LogP) is 4.29. The molecular formula is C24H18ClN3O5. The molecule has 0 radical (unpaired) electrons. The van der Waals surface area contributed by atoms with Crippen molar-refractivity contribution < 1.29 is 23.2 Å². The molecular weight excluding hydrogens is 446 g/mol. The second-order valence-corrected chi connectivity index (χ2v) is 7.95. The summed E-state index contributed by atoms with van der Waals surface area (Å²) in [7, 11) is 0. The molecule has 9 heteroatoms. The van der Waals surface area contributed by atoms with Crippen LogP contribution in [-0.2, 0) is 29.1 Å². The molecule has 1 aliphatic heterocycles. The smallest absolute Gasteiger partial charge is 0.329 e. The van der Waals surface area contributed by atoms with Crippen molar-refractivity contribution in [2.75, 3.05) is 0 Å². The fourth-order valence-electron chi connectivity index (χ4n) is 3.74. The highest BCUT2D eigenvalue weighted by Gasteiger charge is 2.37. The van der Waals surface area contributed by atoms with E-state index in [-0.39, 0.29) is 30.7 Å². The Balaban J connectivity index is 1.32. The molecule has 0 fully saturated rings. The van der Waals surface area contributed by atoms with Crippen LogP contribution in [0.15, 0.2) is 75.8 Å². The standard InChI is InChI=1S/C24H18ClN3O5/c25-18-9-7-15(8-10-18)22-27-26-21(33-22)14-32-24(30)19-12-16-4-1-2-5-17(16)13-28(19)23(29)20-6-3-11-31-20/h1-11,19H,12-14H2. The van der Waals surface area contributed by atoms with Gasteiger partial charge in [-0.15, -0.1) is 10.2 Å². The summed E-state index contributed by atoms with van der Waals surface area (Å²) in [5, 5.41) is 8.52. The van der Waals surface area contributed by atoms with Gasteiger partial charge in [0.15, 0.2) is 12.4 Å². The van der Waals surface area contributed by atoms with Crippen LogP contribution >= 0.6 is 11.6 Å². The van der Waals surface area contributed by atoms with Gasteiger partial charge in [0.25, 0.3) is 11.8 Å². The fourth-order valence-corrected chi connectivity index (χ4v) is 3.86. The molecule has 1 aliphatic rings. The number of hydrogen-bond acceptors (Lipinski definition) is 7. The Hall–Kier alpha value is -3.91. The summed E-state index contributed by atoms with van der Waals surface area (Å²) < 4.78 is 16.3. The number of esters is 1. The van der Waals surface area contributed by atoms with Crippen molar-refractivity contribution in [3.8, 4) is 11.5 Å². The van der Waals surface area contributed by atoms with Crippen LogP contribution in [0.4, 0.5) is 0 Å². The summed E-state index contributed by atoms with van der Waals surface area (Å²) in [6, 6.07) is 17.0. The highest BCUT2D eigenvalue weighted by molar-refractivity contribution is 6.30. The zero-order chi connectivity index (χ0) is 22.8. The quantitative estimate of drug-likeness (QED) is 0.407. The van der Waals surface area contributed by atoms with Crippen molar-refractivity contribution in [2.45, 2.75) is 25.6 Å². The van der Waals surface area contributed by atoms with Gasteiger partial charge in [-0.05, 0) is 47.5 Å². The van der Waals surface area contributed by atoms with E-state index in [1.807, 2.05) is 24.3 Å². The first-order valence-electron chi connectivity index (χ1n) is 10.2. The lowest BCUT2D eigenvalue weighted by molar-refractivity contribution is -0.151. The Morgan fingerprint density at radius 3 is 2.58 bits per heavy atom. The highest BCUT2D eigenvalue weighted by Crippen LogP contribution is 2.26. The van der Waals surface area contributed by atoms with Crippen molar-refractivity contribution >= 4 is 23.5 Å². The minimum absolute atomic E-state index is 0.147. The first kappa shape index (κ1) is 21.0. The lowest BCUT2D eigenvalue weighted by Crippen LogP contribution is -2.49. The topological polar surface area (TPSA) is 98.7 Å². The van der Waals surface area contributed by atoms with Gasteiger partial charge < -0.3 is 18.5 Å². The number of amides is 1. The van der Waals surface area contributed by atoms with Crippen molar-refractivity contribution in [1.29, 1.82) is 0 Å². The number of carbonyl (C=O) groups is 2. The molecule has 0 N–H and O–H groups in total. The largest absolute Gasteiger partial charge is 0.459 e. The van der Waals surface area contributed by atoms with Gasteiger partial charge in [0.05, 0.1) is 6.26 Å². The number of carbonyl (C=O) groups excluding carboxylic acids is 2. The Bertz CT molecular complexity index is 1280. The number of aromatic nitrogens is 2. The van der Waals surface area contributed by atoms with E-state index in [1.54, 1.807) is 36.4 Å². The van der Waals surface area contributed by atoms with Crippen LogP contribution in [0.2, 0.25) is 5.02 Å². The summed E-state index contributed by atoms with van der Waals surface area (Å²) >= 11 is 5.90. The van der Waals surface area contributed by atoms with Crippen molar-refractivity contribution in [3.63, 3.8) is 0 Å². The van der Waals surface area contributed by atoms with E-state index in [4.69, 9.17) is 25.2 Å². The lowest BCUT2D eigenvalue weighted by Gasteiger charge is -2.34. The monoisotopic (exact) mass is 463 g/mol. The van der Waals surface area contributed by atoms with Gasteiger partial charge in [-0.25, -0.2) is 4.79 Å². The molecule has 0 spiro atoms. The SMILES string of the molecule is O=C(OCc1nnc(-c2ccc(Cl)cc2)o1)C1Cc2ccccc2CN1C(=O)c1ccco1. The number of ether oxygens (including phenoxy) is 1. The van der Waals surface area contributed by atoms with Crippen LogP contribution in [0.5, 0.6) is 0 Å². The van der Waals surface area contributed by atoms with Crippen molar-refractivity contribution in [1.82, 2.24) is 15.1 Å². The first-order chi connectivity index (χ1) is 16.1. The van der Waals surface area contributed by atoms with Crippen LogP contribution in [0, 0.1) is 0 Å². The Morgan fingerprint density at radius 2 is 1.82 bits per heavy atom. The number of rotatable bonds is 5. The third-order valence-corrected chi connectivity index (χ3v) is 5.66. The maximum absolute atomic E-state index is 13.0. The zero-order valence-corrected chi connectivity index (χ0v) is 18.1. The van der Waals surface area contributed by atoms with E-state index in [0.717, 1.165) is 11.1 Å². The number of hydrogen-bond donors (Lipinski definition) is 0. The van der Waals surface area contributed by atoms with Crippen molar-refractivity contribution in [2.24, 2.45) is 0 Å². The van der Waals surface area contributed by atoms with Gasteiger partial charge in [-0.2, -0.15) is 0 Å². The number of furan rings is 1. The molecule has 166 valence electrons. The van der Waals surface area contributed by atoms with E-state index >= 15 is 0 Å². The molecule has 1 amide bonds. The Morgan fingerprint density at radius 1 is 1.03 bits per heavy atom. The van der Waals surface area contributed by atoms with Crippen molar-refractivity contribution in [3.05, 3.63) is 94.7 Å². The summed E-state index contributed by atoms with van der Waals surface area (Å²) in [4.78, 5) is 27.5. The average Bonchev–Trinajstić information content (AvgIpc) is 3.54. The fraction of sp³-hybridized carbons (Fsp3) is 0.167. The minimum atomic E-state index is -0.809. The second-order valence-electron chi connectivity index (χ2n) is 7.51. The summed E-state index contributed by atoms with van der Waals surface area (Å²) in [6.07, 6.45) is 1.76. The number of benzene rings is 2. The molecule has 2 aromatic carbocycles. The molecule has 0 saturated heterocycles. The van der Waals surface area contributed by atoms with Crippen LogP contribution in [0.1, 0.15) is 27.6 Å². The average molecular weight is 464 g/mol. The van der Waals surface area contributed by atoms with Crippen LogP contribution in [-0.4, -0.2) is 33.0 Å². The molecule has 1 unspecified atom stereocenters. The van der Waals surface area contributed by atoms with E-state index in [2.05, 4.69) is 10.2 Å². The maximum atomic E-state index is 13.0. The maximum Gasteiger partial charge on any atom is 0.329 e. The summed E-state index contributed by atoms with van der Waals surface area (Å²) in [5.74, 6) is -0.334. The molecule has 8 nitrogen and oxygen atoms in total. The second kappa shape index (κ2) is 8.91. The predicted molar refractivity (Wildman–Crippen MR) is 117 cm³/mol. The molecule has 0 aliphatic carbocycles. The molecule has 33 heavy (non-hydrogen) atoms. The molecule has 0 bridgehead atoms. The van der Waals surface area contributed by atoms with Crippen LogP contribution < -0.4 is 0 Å². The number of halogens is 1. The summed E-state index contributed by atoms with van der Waals surface area (Å²) in [5.41, 5.74) is 2.67. The molecule has 3 heterocycles. The van der Waals surface area contributed by atoms with Gasteiger partial charge in [-0.1, -0.05) is 35.9 Å². The number of fused-ring (bicyclic) bond motifs is 1. The number of nitrogens with zero attached hydrogens (tertiary/aromatic N) is 3. The van der Waals surface area contributed by atoms with Crippen LogP contribution in [0.25, 0.3) is 11.5 Å². The third kappa shape index (κ3) is 4.38. The van der Waals surface area contributed by atoms with E-state index in [9.17, 15) is 9.59 Å². The molecule has 4 aromatic rings. The van der Waals surface area contributed by atoms with Gasteiger partial charge in [0.1, 0.15) is 6.04 Å². The van der Waals surface area contributed by atoms with Gasteiger partial charge in [-0.3, -0.25) is 4.79 Å². The van der Waals surface area contributed by atoms with E-state index < -0.39 is 12.0 Å². The Labute approximate surface area is 193 Å². The summed E-state index contributed by atoms with van der Waals surface area (Å²) in [6.45, 7) is 0.0666. The van der Waals surface area contributed by atoms with Gasteiger partial charge in [0.2, 0.25) is 5.89 Å². The highest BCUT2D eigenvalue weighted by atomic mass is 35.5. The zero-order valence-electron chi connectivity index (χ0n) is 17.3. The van der Waals surface area contributed by atoms with E-state index in [1.165, 1.54) is 11.2 Å². The Kier molecular flexibility index (Phi) is 5.66. The normalized spacial score (nSPS) is 15.2. The van der Waals surface area contributed by atoms with Gasteiger partial charge >= 0.3 is 5.97 Å². The molecule has 1 atom stereocenters. The van der Waals surface area contributed by atoms with Crippen LogP contribution in [0.3, 0.4) is 0 Å². The van der Waals surface area contributed by atoms with E-state index in [0.29, 0.717) is 22.9 Å². The lowest BCUT2D eigenvalue weighted by atomic mass is 9.93. The molecule has 0 saturated carbocycles. The third-order valence-electron chi connectivity index (χ3n) is 5.41. The van der Waals surface area contributed by atoms with Gasteiger partial charge in [0, 0.05) is 23.6 Å².